The summed E-state index contributed by atoms with van der Waals surface area (Å²) < 4.78 is 0. The Labute approximate surface area is 84.1 Å². The maximum absolute atomic E-state index is 5.21. The van der Waals surface area contributed by atoms with Gasteiger partial charge in [-0.15, -0.1) is 0 Å². The molecule has 0 aliphatic rings. The zero-order valence-corrected chi connectivity index (χ0v) is 8.62. The second kappa shape index (κ2) is 5.39. The summed E-state index contributed by atoms with van der Waals surface area (Å²) in [5.74, 6) is 6.43. The van der Waals surface area contributed by atoms with Gasteiger partial charge < -0.3 is 5.32 Å². The topological polar surface area (TPSA) is 75.9 Å². The number of aromatic nitrogens is 2. The maximum Gasteiger partial charge on any atom is 0.239 e. The summed E-state index contributed by atoms with van der Waals surface area (Å²) in [7, 11) is 0. The van der Waals surface area contributed by atoms with Gasteiger partial charge in [-0.25, -0.2) is 10.8 Å². The summed E-state index contributed by atoms with van der Waals surface area (Å²) in [5, 5.41) is 3.27. The Morgan fingerprint density at radius 3 is 3.00 bits per heavy atom. The van der Waals surface area contributed by atoms with Gasteiger partial charge in [0.05, 0.1) is 0 Å². The molecule has 0 aliphatic heterocycles. The fourth-order valence-electron chi connectivity index (χ4n) is 1.27. The lowest BCUT2D eigenvalue weighted by Crippen LogP contribution is -2.17. The second-order valence-electron chi connectivity index (χ2n) is 3.24. The summed E-state index contributed by atoms with van der Waals surface area (Å²) in [6.07, 6.45) is 3.94. The summed E-state index contributed by atoms with van der Waals surface area (Å²) in [6.45, 7) is 4.28. The standard InChI is InChI=1S/C9H17N5/c1-3-4-7(2)12-8-5-6-11-9(13-8)14-10/h5-7H,3-4,10H2,1-2H3,(H2,11,12,13,14). The van der Waals surface area contributed by atoms with Crippen LogP contribution >= 0.6 is 0 Å². The third-order valence-corrected chi connectivity index (χ3v) is 1.90. The number of anilines is 2. The SMILES string of the molecule is CCCC(C)Nc1ccnc(NN)n1. The quantitative estimate of drug-likeness (QED) is 0.488. The zero-order valence-electron chi connectivity index (χ0n) is 8.62. The number of nitrogen functional groups attached to an aromatic ring is 1. The Morgan fingerprint density at radius 1 is 1.57 bits per heavy atom. The maximum atomic E-state index is 5.21. The lowest BCUT2D eigenvalue weighted by Gasteiger charge is -2.13. The van der Waals surface area contributed by atoms with Crippen LogP contribution in [0, 0.1) is 0 Å². The van der Waals surface area contributed by atoms with Crippen LogP contribution in [0.15, 0.2) is 12.3 Å². The van der Waals surface area contributed by atoms with Crippen LogP contribution < -0.4 is 16.6 Å². The van der Waals surface area contributed by atoms with Gasteiger partial charge in [-0.1, -0.05) is 13.3 Å². The number of nitrogens with two attached hydrogens (primary N) is 1. The largest absolute Gasteiger partial charge is 0.367 e. The molecule has 5 heteroatoms. The van der Waals surface area contributed by atoms with E-state index in [1.165, 1.54) is 0 Å². The molecule has 0 aliphatic carbocycles. The van der Waals surface area contributed by atoms with E-state index in [-0.39, 0.29) is 0 Å². The molecule has 1 aromatic heterocycles. The molecule has 0 amide bonds. The molecule has 1 unspecified atom stereocenters. The third-order valence-electron chi connectivity index (χ3n) is 1.90. The minimum Gasteiger partial charge on any atom is -0.367 e. The molecular formula is C9H17N5. The molecule has 1 heterocycles. The fraction of sp³-hybridized carbons (Fsp3) is 0.556. The molecule has 4 N–H and O–H groups in total. The summed E-state index contributed by atoms with van der Waals surface area (Å²) in [4.78, 5) is 8.08. The molecule has 78 valence electrons. The number of rotatable bonds is 5. The van der Waals surface area contributed by atoms with Crippen molar-refractivity contribution in [2.24, 2.45) is 5.84 Å². The highest BCUT2D eigenvalue weighted by atomic mass is 15.3. The zero-order chi connectivity index (χ0) is 10.4. The van der Waals surface area contributed by atoms with E-state index >= 15 is 0 Å². The van der Waals surface area contributed by atoms with Crippen LogP contribution in [0.4, 0.5) is 11.8 Å². The fourth-order valence-corrected chi connectivity index (χ4v) is 1.27. The van der Waals surface area contributed by atoms with Gasteiger partial charge >= 0.3 is 0 Å². The Bertz CT molecular complexity index is 276. The molecule has 0 fully saturated rings. The molecular weight excluding hydrogens is 178 g/mol. The minimum absolute atomic E-state index is 0.417. The molecule has 1 atom stereocenters. The molecule has 0 saturated heterocycles. The van der Waals surface area contributed by atoms with Crippen molar-refractivity contribution >= 4 is 11.8 Å². The van der Waals surface area contributed by atoms with Crippen LogP contribution in [-0.2, 0) is 0 Å². The highest BCUT2D eigenvalue weighted by molar-refractivity contribution is 5.39. The van der Waals surface area contributed by atoms with Gasteiger partial charge in [0.2, 0.25) is 5.95 Å². The average Bonchev–Trinajstić information content (AvgIpc) is 2.18. The van der Waals surface area contributed by atoms with Gasteiger partial charge in [0, 0.05) is 12.2 Å². The van der Waals surface area contributed by atoms with Crippen molar-refractivity contribution < 1.29 is 0 Å². The summed E-state index contributed by atoms with van der Waals surface area (Å²) in [6, 6.07) is 2.24. The number of hydrogen-bond donors (Lipinski definition) is 3. The molecule has 5 nitrogen and oxygen atoms in total. The molecule has 0 bridgehead atoms. The van der Waals surface area contributed by atoms with E-state index in [0.29, 0.717) is 12.0 Å². The normalized spacial score (nSPS) is 12.2. The van der Waals surface area contributed by atoms with Gasteiger partial charge in [0.15, 0.2) is 0 Å². The first-order valence-corrected chi connectivity index (χ1v) is 4.82. The lowest BCUT2D eigenvalue weighted by molar-refractivity contribution is 0.687. The predicted octanol–water partition coefficient (Wildman–Crippen LogP) is 1.36. The van der Waals surface area contributed by atoms with Crippen LogP contribution in [0.1, 0.15) is 26.7 Å². The van der Waals surface area contributed by atoms with Gasteiger partial charge in [-0.05, 0) is 19.4 Å². The van der Waals surface area contributed by atoms with Gasteiger partial charge in [-0.2, -0.15) is 4.98 Å². The average molecular weight is 195 g/mol. The van der Waals surface area contributed by atoms with Crippen LogP contribution in [-0.4, -0.2) is 16.0 Å². The van der Waals surface area contributed by atoms with E-state index in [1.807, 2.05) is 6.07 Å². The van der Waals surface area contributed by atoms with Crippen LogP contribution in [0.5, 0.6) is 0 Å². The number of hydrazine groups is 1. The second-order valence-corrected chi connectivity index (χ2v) is 3.24. The highest BCUT2D eigenvalue weighted by Gasteiger charge is 2.02. The summed E-state index contributed by atoms with van der Waals surface area (Å²) >= 11 is 0. The Balaban J connectivity index is 2.57. The van der Waals surface area contributed by atoms with Crippen molar-refractivity contribution in [3.8, 4) is 0 Å². The number of hydrogen-bond acceptors (Lipinski definition) is 5. The van der Waals surface area contributed by atoms with E-state index in [0.717, 1.165) is 18.7 Å². The van der Waals surface area contributed by atoms with E-state index in [2.05, 4.69) is 34.6 Å². The van der Waals surface area contributed by atoms with Crippen molar-refractivity contribution in [3.63, 3.8) is 0 Å². The van der Waals surface area contributed by atoms with Crippen LogP contribution in [0.25, 0.3) is 0 Å². The first kappa shape index (κ1) is 10.7. The van der Waals surface area contributed by atoms with E-state index in [1.54, 1.807) is 6.20 Å². The van der Waals surface area contributed by atoms with Gasteiger partial charge in [0.25, 0.3) is 0 Å². The van der Waals surface area contributed by atoms with Crippen molar-refractivity contribution in [2.75, 3.05) is 10.7 Å². The Kier molecular flexibility index (Phi) is 4.12. The van der Waals surface area contributed by atoms with Crippen LogP contribution in [0.3, 0.4) is 0 Å². The molecule has 0 radical (unpaired) electrons. The predicted molar refractivity (Wildman–Crippen MR) is 57.8 cm³/mol. The van der Waals surface area contributed by atoms with Crippen molar-refractivity contribution in [3.05, 3.63) is 12.3 Å². The van der Waals surface area contributed by atoms with E-state index in [9.17, 15) is 0 Å². The smallest absolute Gasteiger partial charge is 0.239 e. The molecule has 14 heavy (non-hydrogen) atoms. The third kappa shape index (κ3) is 3.18. The highest BCUT2D eigenvalue weighted by Crippen LogP contribution is 2.08. The molecule has 1 aromatic rings. The molecule has 1 rings (SSSR count). The molecule has 0 aromatic carbocycles. The lowest BCUT2D eigenvalue weighted by atomic mass is 10.2. The van der Waals surface area contributed by atoms with E-state index < -0.39 is 0 Å². The molecule has 0 saturated carbocycles. The Hall–Kier alpha value is -1.36. The van der Waals surface area contributed by atoms with E-state index in [4.69, 9.17) is 5.84 Å². The molecule has 0 spiro atoms. The first-order chi connectivity index (χ1) is 6.76. The number of nitrogens with zero attached hydrogens (tertiary/aromatic N) is 2. The van der Waals surface area contributed by atoms with Crippen molar-refractivity contribution in [1.29, 1.82) is 0 Å². The van der Waals surface area contributed by atoms with Gasteiger partial charge in [-0.3, -0.25) is 5.43 Å². The van der Waals surface area contributed by atoms with Crippen molar-refractivity contribution in [2.45, 2.75) is 32.7 Å². The number of nitrogens with one attached hydrogen (secondary N) is 2. The van der Waals surface area contributed by atoms with Gasteiger partial charge in [0.1, 0.15) is 5.82 Å². The Morgan fingerprint density at radius 2 is 2.36 bits per heavy atom. The minimum atomic E-state index is 0.417. The van der Waals surface area contributed by atoms with Crippen LogP contribution in [0.2, 0.25) is 0 Å². The monoisotopic (exact) mass is 195 g/mol. The van der Waals surface area contributed by atoms with Crippen molar-refractivity contribution in [1.82, 2.24) is 9.97 Å². The first-order valence-electron chi connectivity index (χ1n) is 4.82. The summed E-state index contributed by atoms with van der Waals surface area (Å²) in [5.41, 5.74) is 2.41.